The number of nitriles is 1. The summed E-state index contributed by atoms with van der Waals surface area (Å²) in [6.45, 7) is 2.96. The summed E-state index contributed by atoms with van der Waals surface area (Å²) in [6, 6.07) is 6.21. The second-order valence-corrected chi connectivity index (χ2v) is 5.22. The molecule has 1 aliphatic heterocycles. The Labute approximate surface area is 117 Å². The van der Waals surface area contributed by atoms with Crippen LogP contribution in [0.2, 0.25) is 5.15 Å². The zero-order valence-electron chi connectivity index (χ0n) is 10.8. The maximum Gasteiger partial charge on any atom is 0.138 e. The molecule has 4 heteroatoms. The zero-order chi connectivity index (χ0) is 13.4. The van der Waals surface area contributed by atoms with E-state index in [1.165, 1.54) is 0 Å². The van der Waals surface area contributed by atoms with E-state index >= 15 is 0 Å². The van der Waals surface area contributed by atoms with Crippen LogP contribution in [0.3, 0.4) is 0 Å². The van der Waals surface area contributed by atoms with Gasteiger partial charge in [0.1, 0.15) is 11.2 Å². The van der Waals surface area contributed by atoms with Crippen LogP contribution in [0.5, 0.6) is 0 Å². The van der Waals surface area contributed by atoms with Crippen molar-refractivity contribution in [2.24, 2.45) is 0 Å². The molecule has 0 atom stereocenters. The van der Waals surface area contributed by atoms with Gasteiger partial charge in [-0.1, -0.05) is 11.6 Å². The van der Waals surface area contributed by atoms with E-state index in [0.717, 1.165) is 53.9 Å². The third-order valence-electron chi connectivity index (χ3n) is 3.79. The molecular formula is C15H14ClN3. The minimum atomic E-state index is 0.501. The third-order valence-corrected chi connectivity index (χ3v) is 4.09. The van der Waals surface area contributed by atoms with E-state index in [0.29, 0.717) is 5.15 Å². The van der Waals surface area contributed by atoms with E-state index in [1.807, 2.05) is 19.1 Å². The van der Waals surface area contributed by atoms with Gasteiger partial charge < -0.3 is 4.57 Å². The van der Waals surface area contributed by atoms with Crippen molar-refractivity contribution in [3.05, 3.63) is 40.3 Å². The first-order valence-corrected chi connectivity index (χ1v) is 6.84. The molecule has 0 bridgehead atoms. The molecule has 0 aromatic carbocycles. The Kier molecular flexibility index (Phi) is 3.04. The normalized spacial score (nSPS) is 13.9. The molecule has 0 N–H and O–H groups in total. The molecule has 3 nitrogen and oxygen atoms in total. The lowest BCUT2D eigenvalue weighted by molar-refractivity contribution is 0.536. The first kappa shape index (κ1) is 12.3. The summed E-state index contributed by atoms with van der Waals surface area (Å²) in [5, 5.41) is 9.89. The van der Waals surface area contributed by atoms with Gasteiger partial charge in [-0.25, -0.2) is 4.98 Å². The number of nitrogens with zero attached hydrogens (tertiary/aromatic N) is 3. The molecule has 0 amide bonds. The van der Waals surface area contributed by atoms with Crippen molar-refractivity contribution in [3.63, 3.8) is 0 Å². The smallest absolute Gasteiger partial charge is 0.138 e. The van der Waals surface area contributed by atoms with Gasteiger partial charge in [0.05, 0.1) is 11.3 Å². The van der Waals surface area contributed by atoms with E-state index in [-0.39, 0.29) is 0 Å². The maximum atomic E-state index is 9.39. The molecule has 0 radical (unpaired) electrons. The molecule has 2 aromatic heterocycles. The molecule has 19 heavy (non-hydrogen) atoms. The zero-order valence-corrected chi connectivity index (χ0v) is 11.5. The minimum Gasteiger partial charge on any atom is -0.343 e. The number of aromatic nitrogens is 2. The Morgan fingerprint density at radius 2 is 2.26 bits per heavy atom. The van der Waals surface area contributed by atoms with Gasteiger partial charge in [0.15, 0.2) is 0 Å². The van der Waals surface area contributed by atoms with Crippen molar-refractivity contribution in [3.8, 4) is 17.3 Å². The summed E-state index contributed by atoms with van der Waals surface area (Å²) in [5.41, 5.74) is 4.97. The number of pyridine rings is 1. The quantitative estimate of drug-likeness (QED) is 0.742. The van der Waals surface area contributed by atoms with Crippen LogP contribution in [0, 0.1) is 18.3 Å². The van der Waals surface area contributed by atoms with E-state index in [1.54, 1.807) is 6.20 Å². The van der Waals surface area contributed by atoms with E-state index in [9.17, 15) is 5.26 Å². The monoisotopic (exact) mass is 271 g/mol. The van der Waals surface area contributed by atoms with Gasteiger partial charge in [0, 0.05) is 24.0 Å². The van der Waals surface area contributed by atoms with E-state index in [2.05, 4.69) is 15.6 Å². The third kappa shape index (κ3) is 1.84. The largest absolute Gasteiger partial charge is 0.343 e. The lowest BCUT2D eigenvalue weighted by Gasteiger charge is -2.18. The van der Waals surface area contributed by atoms with Gasteiger partial charge in [-0.15, -0.1) is 0 Å². The number of halogens is 1. The van der Waals surface area contributed by atoms with Crippen molar-refractivity contribution in [1.82, 2.24) is 9.55 Å². The molecule has 0 spiro atoms. The Morgan fingerprint density at radius 1 is 1.42 bits per heavy atom. The Hall–Kier alpha value is -1.79. The van der Waals surface area contributed by atoms with Gasteiger partial charge in [-0.2, -0.15) is 5.26 Å². The molecule has 0 saturated carbocycles. The Balaban J connectivity index is 2.31. The predicted octanol–water partition coefficient (Wildman–Crippen LogP) is 3.72. The highest BCUT2D eigenvalue weighted by atomic mass is 35.5. The Bertz CT molecular complexity index is 679. The van der Waals surface area contributed by atoms with Crippen LogP contribution < -0.4 is 0 Å². The van der Waals surface area contributed by atoms with Crippen LogP contribution in [0.4, 0.5) is 0 Å². The van der Waals surface area contributed by atoms with E-state index < -0.39 is 0 Å². The summed E-state index contributed by atoms with van der Waals surface area (Å²) in [5.74, 6) is 0. The Morgan fingerprint density at radius 3 is 3.00 bits per heavy atom. The summed E-state index contributed by atoms with van der Waals surface area (Å²) in [7, 11) is 0. The molecule has 1 aliphatic rings. The van der Waals surface area contributed by atoms with Crippen molar-refractivity contribution in [1.29, 1.82) is 5.26 Å². The molecule has 96 valence electrons. The predicted molar refractivity (Wildman–Crippen MR) is 75.1 cm³/mol. The van der Waals surface area contributed by atoms with Gasteiger partial charge >= 0.3 is 0 Å². The average Bonchev–Trinajstić information content (AvgIpc) is 2.71. The second-order valence-electron chi connectivity index (χ2n) is 4.86. The van der Waals surface area contributed by atoms with E-state index in [4.69, 9.17) is 11.6 Å². The maximum absolute atomic E-state index is 9.39. The van der Waals surface area contributed by atoms with Gasteiger partial charge in [-0.05, 0) is 43.9 Å². The molecule has 0 fully saturated rings. The van der Waals surface area contributed by atoms with Gasteiger partial charge in [-0.3, -0.25) is 0 Å². The van der Waals surface area contributed by atoms with Crippen molar-refractivity contribution >= 4 is 11.6 Å². The number of hydrogen-bond acceptors (Lipinski definition) is 2. The summed E-state index contributed by atoms with van der Waals surface area (Å²) in [4.78, 5) is 4.15. The first-order valence-electron chi connectivity index (χ1n) is 6.47. The van der Waals surface area contributed by atoms with Crippen molar-refractivity contribution in [2.45, 2.75) is 32.7 Å². The SMILES string of the molecule is Cc1c(C#N)c2n(c1-c1cccnc1Cl)CCCC2. The number of hydrogen-bond donors (Lipinski definition) is 0. The summed E-state index contributed by atoms with van der Waals surface area (Å²) < 4.78 is 2.25. The molecular weight excluding hydrogens is 258 g/mol. The fourth-order valence-electron chi connectivity index (χ4n) is 2.93. The molecule has 0 unspecified atom stereocenters. The lowest BCUT2D eigenvalue weighted by atomic mass is 10.1. The summed E-state index contributed by atoms with van der Waals surface area (Å²) in [6.07, 6.45) is 4.96. The van der Waals surface area contributed by atoms with Crippen LogP contribution >= 0.6 is 11.6 Å². The first-order chi connectivity index (χ1) is 9.24. The second kappa shape index (κ2) is 4.71. The lowest BCUT2D eigenvalue weighted by Crippen LogP contribution is -2.11. The fraction of sp³-hybridized carbons (Fsp3) is 0.333. The highest BCUT2D eigenvalue weighted by Gasteiger charge is 2.24. The molecule has 2 aromatic rings. The van der Waals surface area contributed by atoms with Crippen LogP contribution in [0.15, 0.2) is 18.3 Å². The van der Waals surface area contributed by atoms with Gasteiger partial charge in [0.2, 0.25) is 0 Å². The highest BCUT2D eigenvalue weighted by Crippen LogP contribution is 2.36. The average molecular weight is 272 g/mol. The number of fused-ring (bicyclic) bond motifs is 1. The summed E-state index contributed by atoms with van der Waals surface area (Å²) >= 11 is 6.22. The van der Waals surface area contributed by atoms with Gasteiger partial charge in [0.25, 0.3) is 0 Å². The molecule has 0 saturated heterocycles. The van der Waals surface area contributed by atoms with Crippen molar-refractivity contribution in [2.75, 3.05) is 0 Å². The molecule has 0 aliphatic carbocycles. The minimum absolute atomic E-state index is 0.501. The topological polar surface area (TPSA) is 41.6 Å². The van der Waals surface area contributed by atoms with Crippen LogP contribution in [0.25, 0.3) is 11.3 Å². The van der Waals surface area contributed by atoms with Crippen LogP contribution in [-0.4, -0.2) is 9.55 Å². The highest BCUT2D eigenvalue weighted by molar-refractivity contribution is 6.32. The molecule has 3 rings (SSSR count). The van der Waals surface area contributed by atoms with Crippen LogP contribution in [0.1, 0.15) is 29.7 Å². The standard InChI is InChI=1S/C15H14ClN3/c1-10-12(9-17)13-6-2-3-8-19(13)14(10)11-5-4-7-18-15(11)16/h4-5,7H,2-3,6,8H2,1H3. The number of rotatable bonds is 1. The molecule has 3 heterocycles. The van der Waals surface area contributed by atoms with Crippen LogP contribution in [-0.2, 0) is 13.0 Å². The fourth-order valence-corrected chi connectivity index (χ4v) is 3.14. The van der Waals surface area contributed by atoms with Crippen molar-refractivity contribution < 1.29 is 0 Å².